The zero-order valence-electron chi connectivity index (χ0n) is 15.3. The van der Waals surface area contributed by atoms with Gasteiger partial charge in [-0.25, -0.2) is 0 Å². The van der Waals surface area contributed by atoms with Crippen molar-refractivity contribution < 1.29 is 9.63 Å². The van der Waals surface area contributed by atoms with E-state index in [1.54, 1.807) is 29.2 Å². The molecule has 0 fully saturated rings. The first-order valence-corrected chi connectivity index (χ1v) is 9.33. The molecule has 1 N–H and O–H groups in total. The average Bonchev–Trinajstić information content (AvgIpc) is 3.34. The molecular formula is C21H19ClN4O2. The number of carbonyl (C=O) groups is 1. The molecule has 0 aliphatic carbocycles. The summed E-state index contributed by atoms with van der Waals surface area (Å²) in [6.07, 6.45) is 3.18. The fourth-order valence-electron chi connectivity index (χ4n) is 3.03. The van der Waals surface area contributed by atoms with E-state index in [1.807, 2.05) is 24.3 Å². The van der Waals surface area contributed by atoms with E-state index < -0.39 is 6.10 Å². The van der Waals surface area contributed by atoms with E-state index in [-0.39, 0.29) is 5.91 Å². The van der Waals surface area contributed by atoms with Gasteiger partial charge in [0.2, 0.25) is 6.10 Å². The highest BCUT2D eigenvalue weighted by atomic mass is 35.5. The summed E-state index contributed by atoms with van der Waals surface area (Å²) in [5, 5.41) is 11.9. The van der Waals surface area contributed by atoms with Crippen LogP contribution in [0.5, 0.6) is 0 Å². The van der Waals surface area contributed by atoms with E-state index in [0.29, 0.717) is 23.7 Å². The molecule has 0 unspecified atom stereocenters. The number of benzene rings is 2. The molecule has 1 aromatic heterocycles. The fourth-order valence-corrected chi connectivity index (χ4v) is 3.16. The second-order valence-electron chi connectivity index (χ2n) is 6.69. The van der Waals surface area contributed by atoms with Gasteiger partial charge in [-0.2, -0.15) is 5.10 Å². The minimum absolute atomic E-state index is 0.247. The Labute approximate surface area is 167 Å². The molecule has 1 atom stereocenters. The van der Waals surface area contributed by atoms with Crippen molar-refractivity contribution in [3.05, 3.63) is 82.6 Å². The van der Waals surface area contributed by atoms with Crippen molar-refractivity contribution in [2.24, 2.45) is 5.16 Å². The van der Waals surface area contributed by atoms with Crippen molar-refractivity contribution >= 4 is 28.9 Å². The summed E-state index contributed by atoms with van der Waals surface area (Å²) in [4.78, 5) is 17.8. The lowest BCUT2D eigenvalue weighted by atomic mass is 10.0. The van der Waals surface area contributed by atoms with Crippen molar-refractivity contribution in [3.63, 3.8) is 0 Å². The molecule has 0 bridgehead atoms. The van der Waals surface area contributed by atoms with Crippen molar-refractivity contribution in [2.75, 3.05) is 5.32 Å². The maximum atomic E-state index is 12.5. The van der Waals surface area contributed by atoms with E-state index in [0.717, 1.165) is 11.3 Å². The molecule has 1 amide bonds. The largest absolute Gasteiger partial charge is 0.382 e. The zero-order chi connectivity index (χ0) is 19.5. The number of oxime groups is 1. The summed E-state index contributed by atoms with van der Waals surface area (Å²) >= 11 is 5.91. The molecule has 0 saturated carbocycles. The number of hydrogen-bond acceptors (Lipinski definition) is 4. The predicted molar refractivity (Wildman–Crippen MR) is 109 cm³/mol. The first-order valence-electron chi connectivity index (χ1n) is 8.95. The summed E-state index contributed by atoms with van der Waals surface area (Å²) < 4.78 is 1.79. The van der Waals surface area contributed by atoms with Crippen LogP contribution >= 0.6 is 11.6 Å². The number of nitrogens with one attached hydrogen (secondary N) is 1. The van der Waals surface area contributed by atoms with Gasteiger partial charge < -0.3 is 10.2 Å². The summed E-state index contributed by atoms with van der Waals surface area (Å²) in [7, 11) is 0. The molecule has 7 heteroatoms. The summed E-state index contributed by atoms with van der Waals surface area (Å²) in [6, 6.07) is 15.4. The normalized spacial score (nSPS) is 15.8. The Morgan fingerprint density at radius 3 is 2.82 bits per heavy atom. The van der Waals surface area contributed by atoms with E-state index in [9.17, 15) is 4.79 Å². The summed E-state index contributed by atoms with van der Waals surface area (Å²) in [5.74, 6) is -0.247. The number of hydrogen-bond donors (Lipinski definition) is 1. The number of aromatic nitrogens is 2. The molecule has 0 saturated heterocycles. The minimum Gasteiger partial charge on any atom is -0.382 e. The average molecular weight is 395 g/mol. The van der Waals surface area contributed by atoms with Crippen LogP contribution < -0.4 is 5.32 Å². The van der Waals surface area contributed by atoms with Gasteiger partial charge in [-0.1, -0.05) is 53.2 Å². The first-order chi connectivity index (χ1) is 13.6. The quantitative estimate of drug-likeness (QED) is 0.710. The Kier molecular flexibility index (Phi) is 5.12. The molecule has 6 nitrogen and oxygen atoms in total. The van der Waals surface area contributed by atoms with Gasteiger partial charge in [-0.15, -0.1) is 0 Å². The monoisotopic (exact) mass is 394 g/mol. The predicted octanol–water partition coefficient (Wildman–Crippen LogP) is 4.02. The molecule has 4 rings (SSSR count). The van der Waals surface area contributed by atoms with Gasteiger partial charge in [-0.3, -0.25) is 9.48 Å². The molecule has 1 aliphatic heterocycles. The number of halogens is 1. The third kappa shape index (κ3) is 4.07. The highest BCUT2D eigenvalue weighted by molar-refractivity contribution is 6.30. The van der Waals surface area contributed by atoms with Crippen LogP contribution in [0.4, 0.5) is 5.69 Å². The Hall–Kier alpha value is -3.12. The third-order valence-electron chi connectivity index (χ3n) is 4.63. The zero-order valence-corrected chi connectivity index (χ0v) is 16.1. The van der Waals surface area contributed by atoms with Crippen LogP contribution in [-0.2, 0) is 16.2 Å². The Morgan fingerprint density at radius 1 is 1.25 bits per heavy atom. The number of anilines is 1. The van der Waals surface area contributed by atoms with Gasteiger partial charge in [0.1, 0.15) is 0 Å². The molecule has 2 aromatic carbocycles. The van der Waals surface area contributed by atoms with Crippen LogP contribution in [0, 0.1) is 6.92 Å². The minimum atomic E-state index is -0.662. The number of carbonyl (C=O) groups excluding carboxylic acids is 1. The van der Waals surface area contributed by atoms with E-state index in [1.165, 1.54) is 11.1 Å². The van der Waals surface area contributed by atoms with Crippen LogP contribution in [0.25, 0.3) is 0 Å². The number of nitrogens with zero attached hydrogens (tertiary/aromatic N) is 3. The van der Waals surface area contributed by atoms with Gasteiger partial charge >= 0.3 is 0 Å². The van der Waals surface area contributed by atoms with E-state index >= 15 is 0 Å². The number of rotatable bonds is 5. The van der Waals surface area contributed by atoms with Crippen molar-refractivity contribution in [1.82, 2.24) is 9.78 Å². The van der Waals surface area contributed by atoms with Crippen molar-refractivity contribution in [2.45, 2.75) is 26.0 Å². The van der Waals surface area contributed by atoms with E-state index in [2.05, 4.69) is 34.6 Å². The molecule has 0 radical (unpaired) electrons. The van der Waals surface area contributed by atoms with Crippen LogP contribution in [0.15, 0.2) is 66.1 Å². The van der Waals surface area contributed by atoms with Gasteiger partial charge in [0.05, 0.1) is 24.1 Å². The lowest BCUT2D eigenvalue weighted by molar-refractivity contribution is -0.125. The van der Waals surface area contributed by atoms with Crippen LogP contribution in [0.3, 0.4) is 0 Å². The number of amides is 1. The van der Waals surface area contributed by atoms with Crippen LogP contribution in [-0.4, -0.2) is 27.5 Å². The van der Waals surface area contributed by atoms with Crippen molar-refractivity contribution in [3.8, 4) is 0 Å². The molecular weight excluding hydrogens is 376 g/mol. The van der Waals surface area contributed by atoms with Crippen LogP contribution in [0.1, 0.15) is 23.1 Å². The Morgan fingerprint density at radius 2 is 2.04 bits per heavy atom. The Bertz CT molecular complexity index is 1030. The fraction of sp³-hybridized carbons (Fsp3) is 0.190. The maximum absolute atomic E-state index is 12.5. The third-order valence-corrected chi connectivity index (χ3v) is 4.89. The second-order valence-corrected chi connectivity index (χ2v) is 7.12. The molecule has 2 heterocycles. The lowest BCUT2D eigenvalue weighted by Crippen LogP contribution is -2.27. The summed E-state index contributed by atoms with van der Waals surface area (Å²) in [5.41, 5.74) is 4.64. The van der Waals surface area contributed by atoms with Gasteiger partial charge in [-0.05, 0) is 35.7 Å². The van der Waals surface area contributed by atoms with E-state index in [4.69, 9.17) is 16.4 Å². The molecule has 3 aromatic rings. The summed E-state index contributed by atoms with van der Waals surface area (Å²) in [6.45, 7) is 2.71. The SMILES string of the molecule is Cc1ccccc1Cn1cc(NC(=O)[C@@H]2CC(c3ccc(Cl)cc3)=NO2)cn1. The highest BCUT2D eigenvalue weighted by Gasteiger charge is 2.29. The van der Waals surface area contributed by atoms with Crippen LogP contribution in [0.2, 0.25) is 5.02 Å². The smallest absolute Gasteiger partial charge is 0.268 e. The molecule has 28 heavy (non-hydrogen) atoms. The molecule has 1 aliphatic rings. The Balaban J connectivity index is 1.35. The molecule has 0 spiro atoms. The lowest BCUT2D eigenvalue weighted by Gasteiger charge is -2.08. The second kappa shape index (κ2) is 7.86. The number of aryl methyl sites for hydroxylation is 1. The first kappa shape index (κ1) is 18.3. The van der Waals surface area contributed by atoms with Crippen molar-refractivity contribution in [1.29, 1.82) is 0 Å². The topological polar surface area (TPSA) is 68.5 Å². The van der Waals surface area contributed by atoms with Gasteiger partial charge in [0.25, 0.3) is 5.91 Å². The maximum Gasteiger partial charge on any atom is 0.268 e. The highest BCUT2D eigenvalue weighted by Crippen LogP contribution is 2.20. The molecule has 142 valence electrons. The standard InChI is InChI=1S/C21H19ClN4O2/c1-14-4-2-3-5-16(14)12-26-13-18(11-23-26)24-21(27)20-10-19(25-28-20)15-6-8-17(22)9-7-15/h2-9,11,13,20H,10,12H2,1H3,(H,24,27)/t20-/m0/s1. The van der Waals surface area contributed by atoms with Gasteiger partial charge in [0, 0.05) is 17.6 Å². The van der Waals surface area contributed by atoms with Gasteiger partial charge in [0.15, 0.2) is 0 Å².